The van der Waals surface area contributed by atoms with Crippen molar-refractivity contribution >= 4 is 0 Å². The lowest BCUT2D eigenvalue weighted by molar-refractivity contribution is 0.508. The van der Waals surface area contributed by atoms with Gasteiger partial charge in [0.1, 0.15) is 5.82 Å². The van der Waals surface area contributed by atoms with Crippen molar-refractivity contribution in [3.05, 3.63) is 71.5 Å². The molecule has 1 N–H and O–H groups in total. The summed E-state index contributed by atoms with van der Waals surface area (Å²) >= 11 is 0. The van der Waals surface area contributed by atoms with Crippen LogP contribution in [-0.2, 0) is 0 Å². The number of halogens is 1. The molecule has 0 saturated carbocycles. The third kappa shape index (κ3) is 3.65. The Bertz CT molecular complexity index is 510. The second-order valence-electron chi connectivity index (χ2n) is 4.96. The molecule has 0 aliphatic carbocycles. The Balaban J connectivity index is 1.94. The lowest BCUT2D eigenvalue weighted by atomic mass is 10.0. The predicted molar refractivity (Wildman–Crippen MR) is 77.7 cm³/mol. The van der Waals surface area contributed by atoms with Crippen LogP contribution in [0, 0.1) is 5.82 Å². The van der Waals surface area contributed by atoms with Crippen molar-refractivity contribution in [2.24, 2.45) is 0 Å². The van der Waals surface area contributed by atoms with E-state index in [1.54, 1.807) is 6.07 Å². The molecule has 2 aromatic rings. The van der Waals surface area contributed by atoms with Crippen molar-refractivity contribution < 1.29 is 4.39 Å². The van der Waals surface area contributed by atoms with Crippen molar-refractivity contribution in [2.45, 2.75) is 25.8 Å². The SMILES string of the molecule is CC(CNC(C)c1ccccc1F)c1ccccc1. The highest BCUT2D eigenvalue weighted by Crippen LogP contribution is 2.18. The second-order valence-corrected chi connectivity index (χ2v) is 4.96. The number of hydrogen-bond acceptors (Lipinski definition) is 1. The van der Waals surface area contributed by atoms with Gasteiger partial charge in [-0.1, -0.05) is 55.5 Å². The maximum Gasteiger partial charge on any atom is 0.127 e. The van der Waals surface area contributed by atoms with Gasteiger partial charge in [-0.05, 0) is 24.5 Å². The van der Waals surface area contributed by atoms with E-state index in [1.807, 2.05) is 37.3 Å². The van der Waals surface area contributed by atoms with Crippen LogP contribution in [0.15, 0.2) is 54.6 Å². The molecule has 2 atom stereocenters. The van der Waals surface area contributed by atoms with Gasteiger partial charge in [0, 0.05) is 18.2 Å². The molecule has 2 heteroatoms. The van der Waals surface area contributed by atoms with Gasteiger partial charge in [-0.3, -0.25) is 0 Å². The van der Waals surface area contributed by atoms with Gasteiger partial charge < -0.3 is 5.32 Å². The van der Waals surface area contributed by atoms with Crippen LogP contribution in [0.1, 0.15) is 36.9 Å². The second kappa shape index (κ2) is 6.48. The quantitative estimate of drug-likeness (QED) is 0.843. The Morgan fingerprint density at radius 1 is 0.947 bits per heavy atom. The first-order chi connectivity index (χ1) is 9.18. The highest BCUT2D eigenvalue weighted by molar-refractivity contribution is 5.22. The highest BCUT2D eigenvalue weighted by Gasteiger charge is 2.11. The van der Waals surface area contributed by atoms with Crippen LogP contribution < -0.4 is 5.32 Å². The zero-order valence-corrected chi connectivity index (χ0v) is 11.4. The van der Waals surface area contributed by atoms with Crippen LogP contribution in [-0.4, -0.2) is 6.54 Å². The minimum absolute atomic E-state index is 0.0207. The smallest absolute Gasteiger partial charge is 0.127 e. The summed E-state index contributed by atoms with van der Waals surface area (Å²) < 4.78 is 13.6. The minimum atomic E-state index is -0.144. The van der Waals surface area contributed by atoms with Gasteiger partial charge in [0.2, 0.25) is 0 Å². The van der Waals surface area contributed by atoms with Gasteiger partial charge in [-0.25, -0.2) is 4.39 Å². The van der Waals surface area contributed by atoms with Crippen molar-refractivity contribution in [1.82, 2.24) is 5.32 Å². The molecule has 0 aliphatic heterocycles. The Morgan fingerprint density at radius 3 is 2.26 bits per heavy atom. The number of nitrogens with one attached hydrogen (secondary N) is 1. The standard InChI is InChI=1S/C17H20FN/c1-13(15-8-4-3-5-9-15)12-19-14(2)16-10-6-7-11-17(16)18/h3-11,13-14,19H,12H2,1-2H3. The van der Waals surface area contributed by atoms with E-state index in [-0.39, 0.29) is 11.9 Å². The van der Waals surface area contributed by atoms with Crippen molar-refractivity contribution in [3.63, 3.8) is 0 Å². The summed E-state index contributed by atoms with van der Waals surface area (Å²) in [6.07, 6.45) is 0. The van der Waals surface area contributed by atoms with E-state index < -0.39 is 0 Å². The summed E-state index contributed by atoms with van der Waals surface area (Å²) in [7, 11) is 0. The Hall–Kier alpha value is -1.67. The third-order valence-corrected chi connectivity index (χ3v) is 3.47. The molecule has 0 amide bonds. The van der Waals surface area contributed by atoms with Gasteiger partial charge >= 0.3 is 0 Å². The molecule has 0 saturated heterocycles. The molecule has 2 unspecified atom stereocenters. The zero-order chi connectivity index (χ0) is 13.7. The van der Waals surface area contributed by atoms with Crippen LogP contribution in [0.4, 0.5) is 4.39 Å². The van der Waals surface area contributed by atoms with Crippen molar-refractivity contribution in [2.75, 3.05) is 6.54 Å². The average Bonchev–Trinajstić information content (AvgIpc) is 2.46. The van der Waals surface area contributed by atoms with Gasteiger partial charge in [0.05, 0.1) is 0 Å². The van der Waals surface area contributed by atoms with E-state index in [2.05, 4.69) is 24.4 Å². The number of rotatable bonds is 5. The topological polar surface area (TPSA) is 12.0 Å². The maximum absolute atomic E-state index is 13.6. The lowest BCUT2D eigenvalue weighted by Crippen LogP contribution is -2.24. The molecule has 0 spiro atoms. The van der Waals surface area contributed by atoms with E-state index in [9.17, 15) is 4.39 Å². The molecule has 100 valence electrons. The molecule has 0 radical (unpaired) electrons. The van der Waals surface area contributed by atoms with Gasteiger partial charge in [0.25, 0.3) is 0 Å². The van der Waals surface area contributed by atoms with Gasteiger partial charge in [-0.15, -0.1) is 0 Å². The third-order valence-electron chi connectivity index (χ3n) is 3.47. The minimum Gasteiger partial charge on any atom is -0.309 e. The Kier molecular flexibility index (Phi) is 4.69. The summed E-state index contributed by atoms with van der Waals surface area (Å²) in [5.74, 6) is 0.269. The molecular weight excluding hydrogens is 237 g/mol. The molecular formula is C17H20FN. The fraction of sp³-hybridized carbons (Fsp3) is 0.294. The Morgan fingerprint density at radius 2 is 1.58 bits per heavy atom. The van der Waals surface area contributed by atoms with E-state index in [0.29, 0.717) is 5.92 Å². The average molecular weight is 257 g/mol. The first kappa shape index (κ1) is 13.8. The lowest BCUT2D eigenvalue weighted by Gasteiger charge is -2.18. The van der Waals surface area contributed by atoms with Crippen molar-refractivity contribution in [1.29, 1.82) is 0 Å². The van der Waals surface area contributed by atoms with Crippen LogP contribution >= 0.6 is 0 Å². The summed E-state index contributed by atoms with van der Waals surface area (Å²) in [6, 6.07) is 17.3. The van der Waals surface area contributed by atoms with Crippen LogP contribution in [0.5, 0.6) is 0 Å². The molecule has 2 rings (SSSR count). The van der Waals surface area contributed by atoms with Crippen LogP contribution in [0.2, 0.25) is 0 Å². The Labute approximate surface area is 114 Å². The fourth-order valence-corrected chi connectivity index (χ4v) is 2.19. The summed E-state index contributed by atoms with van der Waals surface area (Å²) in [5, 5.41) is 3.40. The van der Waals surface area contributed by atoms with E-state index in [0.717, 1.165) is 12.1 Å². The van der Waals surface area contributed by atoms with Crippen LogP contribution in [0.25, 0.3) is 0 Å². The van der Waals surface area contributed by atoms with Gasteiger partial charge in [0.15, 0.2) is 0 Å². The zero-order valence-electron chi connectivity index (χ0n) is 11.4. The molecule has 0 heterocycles. The summed E-state index contributed by atoms with van der Waals surface area (Å²) in [4.78, 5) is 0. The van der Waals surface area contributed by atoms with E-state index in [4.69, 9.17) is 0 Å². The maximum atomic E-state index is 13.6. The van der Waals surface area contributed by atoms with Crippen molar-refractivity contribution in [3.8, 4) is 0 Å². The first-order valence-corrected chi connectivity index (χ1v) is 6.71. The molecule has 0 fully saturated rings. The molecule has 0 aromatic heterocycles. The normalized spacial score (nSPS) is 14.1. The molecule has 0 aliphatic rings. The number of hydrogen-bond donors (Lipinski definition) is 1. The van der Waals surface area contributed by atoms with Crippen LogP contribution in [0.3, 0.4) is 0 Å². The predicted octanol–water partition coefficient (Wildman–Crippen LogP) is 4.28. The molecule has 2 aromatic carbocycles. The molecule has 19 heavy (non-hydrogen) atoms. The molecule has 1 nitrogen and oxygen atoms in total. The first-order valence-electron chi connectivity index (χ1n) is 6.71. The van der Waals surface area contributed by atoms with Gasteiger partial charge in [-0.2, -0.15) is 0 Å². The highest BCUT2D eigenvalue weighted by atomic mass is 19.1. The van der Waals surface area contributed by atoms with E-state index >= 15 is 0 Å². The monoisotopic (exact) mass is 257 g/mol. The number of benzene rings is 2. The summed E-state index contributed by atoms with van der Waals surface area (Å²) in [5.41, 5.74) is 2.03. The summed E-state index contributed by atoms with van der Waals surface area (Å²) in [6.45, 7) is 5.01. The molecule has 0 bridgehead atoms. The fourth-order valence-electron chi connectivity index (χ4n) is 2.19. The largest absolute Gasteiger partial charge is 0.309 e. The van der Waals surface area contributed by atoms with E-state index in [1.165, 1.54) is 11.6 Å².